The van der Waals surface area contributed by atoms with Gasteiger partial charge in [0.15, 0.2) is 0 Å². The second kappa shape index (κ2) is 7.53. The molecular formula is C10H23NO3S2. The van der Waals surface area contributed by atoms with Gasteiger partial charge in [0.25, 0.3) is 10.1 Å². The zero-order valence-corrected chi connectivity index (χ0v) is 11.6. The molecule has 0 aliphatic rings. The molecule has 1 unspecified atom stereocenters. The van der Waals surface area contributed by atoms with E-state index in [0.29, 0.717) is 6.42 Å². The summed E-state index contributed by atoms with van der Waals surface area (Å²) >= 11 is 4.23. The fraction of sp³-hybridized carbons (Fsp3) is 1.00. The fourth-order valence-corrected chi connectivity index (χ4v) is 2.51. The molecule has 3 N–H and O–H groups in total. The maximum absolute atomic E-state index is 10.6. The van der Waals surface area contributed by atoms with Crippen LogP contribution in [0.5, 0.6) is 0 Å². The average molecular weight is 269 g/mol. The van der Waals surface area contributed by atoms with Gasteiger partial charge in [0.2, 0.25) is 0 Å². The molecule has 0 heterocycles. The van der Waals surface area contributed by atoms with Crippen molar-refractivity contribution >= 4 is 22.7 Å². The van der Waals surface area contributed by atoms with Crippen LogP contribution in [0.4, 0.5) is 0 Å². The number of nitrogens with two attached hydrogens (primary N) is 1. The molecule has 16 heavy (non-hydrogen) atoms. The van der Waals surface area contributed by atoms with E-state index in [9.17, 15) is 8.42 Å². The lowest BCUT2D eigenvalue weighted by Gasteiger charge is -2.22. The van der Waals surface area contributed by atoms with Crippen LogP contribution in [0.2, 0.25) is 0 Å². The highest BCUT2D eigenvalue weighted by atomic mass is 32.2. The minimum absolute atomic E-state index is 0.183. The SMILES string of the molecule is CCCCCCCC(N)(S)CCS(=O)(=O)O. The van der Waals surface area contributed by atoms with Crippen molar-refractivity contribution in [3.63, 3.8) is 0 Å². The monoisotopic (exact) mass is 269 g/mol. The first-order chi connectivity index (χ1) is 7.27. The van der Waals surface area contributed by atoms with Gasteiger partial charge in [0.05, 0.1) is 10.6 Å². The summed E-state index contributed by atoms with van der Waals surface area (Å²) < 4.78 is 29.7. The third-order valence-corrected chi connectivity index (χ3v) is 3.67. The molecular weight excluding hydrogens is 246 g/mol. The van der Waals surface area contributed by atoms with E-state index in [0.717, 1.165) is 12.8 Å². The number of unbranched alkanes of at least 4 members (excludes halogenated alkanes) is 4. The smallest absolute Gasteiger partial charge is 0.264 e. The standard InChI is InChI=1S/C10H23NO3S2/c1-2-3-4-5-6-7-10(11,15)8-9-16(12,13)14/h15H,2-9,11H2,1H3,(H,12,13,14). The topological polar surface area (TPSA) is 80.4 Å². The lowest BCUT2D eigenvalue weighted by atomic mass is 10.0. The Kier molecular flexibility index (Phi) is 7.63. The molecule has 1 atom stereocenters. The summed E-state index contributed by atoms with van der Waals surface area (Å²) in [6, 6.07) is 0. The maximum atomic E-state index is 10.6. The van der Waals surface area contributed by atoms with E-state index in [1.54, 1.807) is 0 Å². The summed E-state index contributed by atoms with van der Waals surface area (Å²) in [5, 5.41) is 0. The lowest BCUT2D eigenvalue weighted by molar-refractivity contribution is 0.461. The van der Waals surface area contributed by atoms with Crippen molar-refractivity contribution in [2.24, 2.45) is 5.73 Å². The molecule has 98 valence electrons. The molecule has 0 bridgehead atoms. The summed E-state index contributed by atoms with van der Waals surface area (Å²) in [6.45, 7) is 2.15. The van der Waals surface area contributed by atoms with Gasteiger partial charge in [-0.3, -0.25) is 4.55 Å². The number of rotatable bonds is 9. The second-order valence-electron chi connectivity index (χ2n) is 4.30. The Morgan fingerprint density at radius 1 is 1.19 bits per heavy atom. The molecule has 0 rings (SSSR count). The van der Waals surface area contributed by atoms with Gasteiger partial charge < -0.3 is 5.73 Å². The Balaban J connectivity index is 3.70. The molecule has 0 aromatic carbocycles. The van der Waals surface area contributed by atoms with Gasteiger partial charge in [-0.05, 0) is 12.8 Å². The van der Waals surface area contributed by atoms with Gasteiger partial charge in [-0.1, -0.05) is 39.0 Å². The van der Waals surface area contributed by atoms with Crippen molar-refractivity contribution in [3.8, 4) is 0 Å². The van der Waals surface area contributed by atoms with Crippen molar-refractivity contribution in [3.05, 3.63) is 0 Å². The molecule has 4 nitrogen and oxygen atoms in total. The van der Waals surface area contributed by atoms with E-state index in [1.807, 2.05) is 0 Å². The summed E-state index contributed by atoms with van der Waals surface area (Å²) in [4.78, 5) is -0.790. The van der Waals surface area contributed by atoms with Crippen LogP contribution in [-0.2, 0) is 10.1 Å². The third-order valence-electron chi connectivity index (χ3n) is 2.51. The van der Waals surface area contributed by atoms with Crippen LogP contribution in [0.3, 0.4) is 0 Å². The van der Waals surface area contributed by atoms with Crippen LogP contribution < -0.4 is 5.73 Å². The zero-order chi connectivity index (χ0) is 12.7. The highest BCUT2D eigenvalue weighted by molar-refractivity contribution is 7.86. The van der Waals surface area contributed by atoms with Crippen molar-refractivity contribution in [1.82, 2.24) is 0 Å². The first-order valence-electron chi connectivity index (χ1n) is 5.73. The summed E-state index contributed by atoms with van der Waals surface area (Å²) in [5.74, 6) is -0.318. The average Bonchev–Trinajstić information content (AvgIpc) is 2.14. The molecule has 0 saturated heterocycles. The van der Waals surface area contributed by atoms with Crippen LogP contribution in [0, 0.1) is 0 Å². The molecule has 0 radical (unpaired) electrons. The van der Waals surface area contributed by atoms with E-state index >= 15 is 0 Å². The molecule has 0 aliphatic heterocycles. The number of thiol groups is 1. The molecule has 6 heteroatoms. The minimum atomic E-state index is -3.93. The van der Waals surface area contributed by atoms with E-state index in [1.165, 1.54) is 19.3 Å². The van der Waals surface area contributed by atoms with E-state index < -0.39 is 15.0 Å². The van der Waals surface area contributed by atoms with Gasteiger partial charge in [-0.15, -0.1) is 0 Å². The Hall–Kier alpha value is 0.220. The number of hydrogen-bond acceptors (Lipinski definition) is 4. The summed E-state index contributed by atoms with van der Waals surface area (Å²) in [5.41, 5.74) is 5.83. The first-order valence-corrected chi connectivity index (χ1v) is 7.79. The Bertz CT molecular complexity index is 276. The molecule has 0 amide bonds. The number of hydrogen-bond donors (Lipinski definition) is 3. The van der Waals surface area contributed by atoms with Crippen molar-refractivity contribution in [2.75, 3.05) is 5.75 Å². The van der Waals surface area contributed by atoms with Gasteiger partial charge in [0.1, 0.15) is 0 Å². The summed E-state index contributed by atoms with van der Waals surface area (Å²) in [6.07, 6.45) is 6.49. The van der Waals surface area contributed by atoms with Crippen LogP contribution in [0.15, 0.2) is 0 Å². The van der Waals surface area contributed by atoms with Gasteiger partial charge in [-0.25, -0.2) is 0 Å². The third kappa shape index (κ3) is 10.7. The Labute approximate surface area is 104 Å². The van der Waals surface area contributed by atoms with Crippen LogP contribution in [0.25, 0.3) is 0 Å². The largest absolute Gasteiger partial charge is 0.317 e. The van der Waals surface area contributed by atoms with Crippen molar-refractivity contribution < 1.29 is 13.0 Å². The Morgan fingerprint density at radius 3 is 2.25 bits per heavy atom. The fourth-order valence-electron chi connectivity index (χ4n) is 1.47. The van der Waals surface area contributed by atoms with Crippen LogP contribution in [-0.4, -0.2) is 23.6 Å². The molecule has 0 spiro atoms. The lowest BCUT2D eigenvalue weighted by Crippen LogP contribution is -2.35. The minimum Gasteiger partial charge on any atom is -0.317 e. The summed E-state index contributed by atoms with van der Waals surface area (Å²) in [7, 11) is -3.93. The predicted molar refractivity (Wildman–Crippen MR) is 70.3 cm³/mol. The molecule has 0 aliphatic carbocycles. The van der Waals surface area contributed by atoms with Crippen LogP contribution >= 0.6 is 12.6 Å². The van der Waals surface area contributed by atoms with Crippen molar-refractivity contribution in [2.45, 2.75) is 56.7 Å². The van der Waals surface area contributed by atoms with E-state index in [4.69, 9.17) is 10.3 Å². The predicted octanol–water partition coefficient (Wildman–Crippen LogP) is 2.21. The molecule has 0 aromatic heterocycles. The normalized spacial score (nSPS) is 16.0. The highest BCUT2D eigenvalue weighted by Crippen LogP contribution is 2.21. The maximum Gasteiger partial charge on any atom is 0.264 e. The van der Waals surface area contributed by atoms with Gasteiger partial charge in [0, 0.05) is 0 Å². The van der Waals surface area contributed by atoms with Crippen LogP contribution in [0.1, 0.15) is 51.9 Å². The molecule has 0 fully saturated rings. The quantitative estimate of drug-likeness (QED) is 0.259. The highest BCUT2D eigenvalue weighted by Gasteiger charge is 2.21. The second-order valence-corrected chi connectivity index (χ2v) is 6.77. The van der Waals surface area contributed by atoms with Gasteiger partial charge >= 0.3 is 0 Å². The Morgan fingerprint density at radius 2 is 1.75 bits per heavy atom. The van der Waals surface area contributed by atoms with Crippen molar-refractivity contribution in [1.29, 1.82) is 0 Å². The van der Waals surface area contributed by atoms with Gasteiger partial charge in [-0.2, -0.15) is 21.0 Å². The van der Waals surface area contributed by atoms with E-state index in [-0.39, 0.29) is 12.2 Å². The molecule has 0 aromatic rings. The molecule has 0 saturated carbocycles. The first kappa shape index (κ1) is 16.2. The zero-order valence-electron chi connectivity index (χ0n) is 9.85. The van der Waals surface area contributed by atoms with E-state index in [2.05, 4.69) is 19.6 Å².